The number of anilines is 3. The molecule has 0 saturated carbocycles. The zero-order valence-corrected chi connectivity index (χ0v) is 32.9. The zero-order valence-electron chi connectivity index (χ0n) is 32.1. The number of thiophene rings is 1. The number of rotatable bonds is 6. The molecule has 0 fully saturated rings. The molecule has 55 heavy (non-hydrogen) atoms. The minimum absolute atomic E-state index is 0.114. The molecule has 2 heteroatoms. The summed E-state index contributed by atoms with van der Waals surface area (Å²) >= 11 is 1.93. The fourth-order valence-electron chi connectivity index (χ4n) is 9.68. The first-order chi connectivity index (χ1) is 26.7. The van der Waals surface area contributed by atoms with E-state index in [-0.39, 0.29) is 10.8 Å². The van der Waals surface area contributed by atoms with Gasteiger partial charge in [-0.1, -0.05) is 156 Å². The molecule has 1 heterocycles. The summed E-state index contributed by atoms with van der Waals surface area (Å²) in [6, 6.07) is 50.4. The number of hydrogen-bond acceptors (Lipinski definition) is 2. The van der Waals surface area contributed by atoms with Crippen molar-refractivity contribution in [2.45, 2.75) is 45.4 Å². The second-order valence-corrected chi connectivity index (χ2v) is 17.1. The second-order valence-electron chi connectivity index (χ2n) is 16.1. The molecule has 2 aliphatic rings. The molecule has 0 bridgehead atoms. The predicted molar refractivity (Wildman–Crippen MR) is 240 cm³/mol. The molecule has 0 amide bonds. The Morgan fingerprint density at radius 1 is 0.582 bits per heavy atom. The molecule has 0 atom stereocenters. The summed E-state index contributed by atoms with van der Waals surface area (Å²) in [6.07, 6.45) is 8.27. The van der Waals surface area contributed by atoms with Gasteiger partial charge in [0.1, 0.15) is 0 Å². The van der Waals surface area contributed by atoms with Crippen LogP contribution in [0.3, 0.4) is 0 Å². The van der Waals surface area contributed by atoms with E-state index in [1.807, 2.05) is 17.4 Å². The Balaban J connectivity index is 1.25. The smallest absolute Gasteiger partial charge is 0.0540 e. The van der Waals surface area contributed by atoms with Crippen LogP contribution in [-0.4, -0.2) is 0 Å². The van der Waals surface area contributed by atoms with Crippen molar-refractivity contribution < 1.29 is 0 Å². The van der Waals surface area contributed by atoms with E-state index < -0.39 is 0 Å². The lowest BCUT2D eigenvalue weighted by atomic mass is 9.82. The van der Waals surface area contributed by atoms with Crippen LogP contribution in [0.25, 0.3) is 58.8 Å². The third-order valence-corrected chi connectivity index (χ3v) is 13.6. The highest BCUT2D eigenvalue weighted by Crippen LogP contribution is 2.56. The van der Waals surface area contributed by atoms with Crippen LogP contribution in [0.1, 0.15) is 62.4 Å². The molecule has 0 aliphatic heterocycles. The molecule has 2 aliphatic carbocycles. The number of fused-ring (bicyclic) bond motifs is 11. The molecule has 1 aromatic heterocycles. The number of allylic oxidation sites excluding steroid dienone is 5. The van der Waals surface area contributed by atoms with E-state index in [0.717, 1.165) is 22.6 Å². The van der Waals surface area contributed by atoms with Gasteiger partial charge < -0.3 is 4.90 Å². The molecule has 0 unspecified atom stereocenters. The van der Waals surface area contributed by atoms with Crippen molar-refractivity contribution >= 4 is 64.9 Å². The van der Waals surface area contributed by atoms with Gasteiger partial charge in [0.15, 0.2) is 0 Å². The summed E-state index contributed by atoms with van der Waals surface area (Å²) in [5, 5.41) is 5.10. The van der Waals surface area contributed by atoms with Crippen LogP contribution in [0, 0.1) is 0 Å². The monoisotopic (exact) mass is 725 g/mol. The molecule has 1 nitrogen and oxygen atoms in total. The summed E-state index contributed by atoms with van der Waals surface area (Å²) in [4.78, 5) is 2.51. The summed E-state index contributed by atoms with van der Waals surface area (Å²) in [6.45, 7) is 15.6. The van der Waals surface area contributed by atoms with Crippen molar-refractivity contribution in [3.63, 3.8) is 0 Å². The molecule has 266 valence electrons. The Bertz CT molecular complexity index is 2960. The van der Waals surface area contributed by atoms with Gasteiger partial charge in [-0.3, -0.25) is 0 Å². The molecule has 7 aromatic carbocycles. The molecule has 0 radical (unpaired) electrons. The van der Waals surface area contributed by atoms with Gasteiger partial charge in [0.05, 0.1) is 5.69 Å². The van der Waals surface area contributed by atoms with Gasteiger partial charge in [0.25, 0.3) is 0 Å². The summed E-state index contributed by atoms with van der Waals surface area (Å²) in [5.41, 5.74) is 16.5. The summed E-state index contributed by atoms with van der Waals surface area (Å²) in [7, 11) is 0. The number of benzene rings is 7. The molecule has 0 saturated heterocycles. The Kier molecular flexibility index (Phi) is 7.50. The first-order valence-electron chi connectivity index (χ1n) is 19.3. The minimum atomic E-state index is -0.121. The van der Waals surface area contributed by atoms with Crippen LogP contribution < -0.4 is 4.90 Å². The van der Waals surface area contributed by atoms with E-state index >= 15 is 0 Å². The van der Waals surface area contributed by atoms with Crippen LogP contribution in [0.4, 0.5) is 17.1 Å². The Labute approximate surface area is 328 Å². The van der Waals surface area contributed by atoms with Gasteiger partial charge in [-0.05, 0) is 98.8 Å². The lowest BCUT2D eigenvalue weighted by molar-refractivity contribution is 0.660. The highest BCUT2D eigenvalue weighted by Gasteiger charge is 2.39. The first kappa shape index (κ1) is 33.6. The molecule has 8 aromatic rings. The normalized spacial score (nSPS) is 15.0. The molecule has 0 N–H and O–H groups in total. The van der Waals surface area contributed by atoms with Crippen LogP contribution in [0.5, 0.6) is 0 Å². The minimum Gasteiger partial charge on any atom is -0.310 e. The summed E-state index contributed by atoms with van der Waals surface area (Å²) in [5.74, 6) is 0. The lowest BCUT2D eigenvalue weighted by Crippen LogP contribution is -2.17. The van der Waals surface area contributed by atoms with Gasteiger partial charge >= 0.3 is 0 Å². The van der Waals surface area contributed by atoms with Gasteiger partial charge in [-0.2, -0.15) is 0 Å². The van der Waals surface area contributed by atoms with Crippen molar-refractivity contribution in [3.05, 3.63) is 192 Å². The third-order valence-electron chi connectivity index (χ3n) is 12.3. The molecule has 0 spiro atoms. The van der Waals surface area contributed by atoms with E-state index in [9.17, 15) is 0 Å². The Hall–Kier alpha value is -5.96. The molecule has 10 rings (SSSR count). The Morgan fingerprint density at radius 2 is 1.24 bits per heavy atom. The maximum absolute atomic E-state index is 4.04. The van der Waals surface area contributed by atoms with Crippen molar-refractivity contribution in [1.29, 1.82) is 0 Å². The van der Waals surface area contributed by atoms with Crippen LogP contribution >= 0.6 is 11.3 Å². The van der Waals surface area contributed by atoms with Crippen LogP contribution in [-0.2, 0) is 10.8 Å². The van der Waals surface area contributed by atoms with Gasteiger partial charge in [0.2, 0.25) is 0 Å². The number of nitrogens with zero attached hydrogens (tertiary/aromatic N) is 1. The maximum Gasteiger partial charge on any atom is 0.0540 e. The quantitative estimate of drug-likeness (QED) is 0.154. The van der Waals surface area contributed by atoms with Gasteiger partial charge in [0, 0.05) is 53.3 Å². The van der Waals surface area contributed by atoms with E-state index in [1.54, 1.807) is 0 Å². The van der Waals surface area contributed by atoms with Crippen molar-refractivity contribution in [3.8, 4) is 22.3 Å². The Morgan fingerprint density at radius 3 is 2.05 bits per heavy atom. The lowest BCUT2D eigenvalue weighted by Gasteiger charge is -2.30. The zero-order chi connectivity index (χ0) is 37.6. The highest BCUT2D eigenvalue weighted by atomic mass is 32.1. The molecular formula is C53H43NS. The van der Waals surface area contributed by atoms with Crippen molar-refractivity contribution in [2.24, 2.45) is 0 Å². The third kappa shape index (κ3) is 4.84. The largest absolute Gasteiger partial charge is 0.310 e. The van der Waals surface area contributed by atoms with E-state index in [2.05, 4.69) is 198 Å². The van der Waals surface area contributed by atoms with E-state index in [0.29, 0.717) is 0 Å². The van der Waals surface area contributed by atoms with Crippen LogP contribution in [0.15, 0.2) is 164 Å². The highest BCUT2D eigenvalue weighted by molar-refractivity contribution is 7.26. The topological polar surface area (TPSA) is 3.24 Å². The van der Waals surface area contributed by atoms with Gasteiger partial charge in [-0.15, -0.1) is 11.3 Å². The standard InChI is InChI=1S/C53H43NS/c1-7-15-33(16-8-2)36-27-30-48(40-19-10-9-17-37(36)40)54(35-23-25-39-38-18-11-13-21-44(38)53(5,6)47(39)32-35)34-24-28-45-43(31-34)50-46(52(45,3)4)29-26-42-41-20-12-14-22-49(41)55-51(42)50/h7-32H,1H2,2-6H3/b16-8-,33-15+. The van der Waals surface area contributed by atoms with Crippen molar-refractivity contribution in [2.75, 3.05) is 4.90 Å². The number of hydrogen-bond donors (Lipinski definition) is 0. The predicted octanol–water partition coefficient (Wildman–Crippen LogP) is 15.4. The average Bonchev–Trinajstić information content (AvgIpc) is 3.77. The summed E-state index contributed by atoms with van der Waals surface area (Å²) < 4.78 is 2.72. The van der Waals surface area contributed by atoms with Crippen LogP contribution in [0.2, 0.25) is 0 Å². The van der Waals surface area contributed by atoms with E-state index in [1.165, 1.54) is 81.0 Å². The van der Waals surface area contributed by atoms with E-state index in [4.69, 9.17) is 0 Å². The fourth-order valence-corrected chi connectivity index (χ4v) is 10.9. The maximum atomic E-state index is 4.04. The van der Waals surface area contributed by atoms with Crippen molar-refractivity contribution in [1.82, 2.24) is 0 Å². The first-order valence-corrected chi connectivity index (χ1v) is 20.2. The fraction of sp³-hybridized carbons (Fsp3) is 0.132. The van der Waals surface area contributed by atoms with Gasteiger partial charge in [-0.25, -0.2) is 0 Å². The molecular weight excluding hydrogens is 683 g/mol. The average molecular weight is 726 g/mol. The SMILES string of the molecule is C=C/C=C(\C=C/C)c1ccc(N(c2ccc3c(c2)-c2c(ccc4c2sc2ccccc24)C3(C)C)c2ccc3c(c2)C(C)(C)c2ccccc2-3)c2ccccc12. The second kappa shape index (κ2) is 12.3.